The van der Waals surface area contributed by atoms with E-state index in [0.717, 1.165) is 12.5 Å². The zero-order valence-corrected chi connectivity index (χ0v) is 11.8. The first kappa shape index (κ1) is 13.3. The molecule has 1 unspecified atom stereocenters. The van der Waals surface area contributed by atoms with Crippen LogP contribution in [0.15, 0.2) is 12.3 Å². The molecule has 1 heterocycles. The highest BCUT2D eigenvalue weighted by Crippen LogP contribution is 2.26. The van der Waals surface area contributed by atoms with Crippen LogP contribution in [0.2, 0.25) is 0 Å². The zero-order valence-electron chi connectivity index (χ0n) is 11.8. The first-order chi connectivity index (χ1) is 7.31. The summed E-state index contributed by atoms with van der Waals surface area (Å²) in [5.41, 5.74) is 3.33. The van der Waals surface area contributed by atoms with E-state index >= 15 is 0 Å². The minimum Gasteiger partial charge on any atom is -0.351 e. The lowest BCUT2D eigenvalue weighted by Gasteiger charge is -2.23. The Morgan fingerprint density at radius 1 is 1.31 bits per heavy atom. The van der Waals surface area contributed by atoms with Crippen molar-refractivity contribution in [1.82, 2.24) is 4.57 Å². The lowest BCUT2D eigenvalue weighted by atomic mass is 9.83. The van der Waals surface area contributed by atoms with Gasteiger partial charge in [-0.15, -0.1) is 0 Å². The van der Waals surface area contributed by atoms with Crippen molar-refractivity contribution in [3.05, 3.63) is 23.5 Å². The molecule has 0 N–H and O–H groups in total. The van der Waals surface area contributed by atoms with Gasteiger partial charge in [0.2, 0.25) is 0 Å². The number of aryl methyl sites for hydroxylation is 2. The summed E-state index contributed by atoms with van der Waals surface area (Å²) >= 11 is 0. The van der Waals surface area contributed by atoms with Gasteiger partial charge < -0.3 is 4.57 Å². The fourth-order valence-corrected chi connectivity index (χ4v) is 2.66. The van der Waals surface area contributed by atoms with Crippen LogP contribution in [-0.2, 0) is 13.0 Å². The quantitative estimate of drug-likeness (QED) is 0.709. The van der Waals surface area contributed by atoms with Crippen LogP contribution in [0.1, 0.15) is 52.3 Å². The average molecular weight is 221 g/mol. The van der Waals surface area contributed by atoms with Gasteiger partial charge in [-0.2, -0.15) is 0 Å². The van der Waals surface area contributed by atoms with E-state index in [1.807, 2.05) is 0 Å². The smallest absolute Gasteiger partial charge is 0.0193 e. The number of hydrogen-bond donors (Lipinski definition) is 0. The first-order valence-corrected chi connectivity index (χ1v) is 6.47. The summed E-state index contributed by atoms with van der Waals surface area (Å²) in [6, 6.07) is 2.34. The molecule has 92 valence electrons. The highest BCUT2D eigenvalue weighted by molar-refractivity contribution is 5.17. The van der Waals surface area contributed by atoms with Crippen molar-refractivity contribution in [3.8, 4) is 0 Å². The summed E-state index contributed by atoms with van der Waals surface area (Å²) in [6.45, 7) is 14.8. The molecule has 0 spiro atoms. The Hall–Kier alpha value is -0.720. The summed E-state index contributed by atoms with van der Waals surface area (Å²) in [7, 11) is 0. The topological polar surface area (TPSA) is 4.93 Å². The van der Waals surface area contributed by atoms with Crippen LogP contribution in [0.4, 0.5) is 0 Å². The molecule has 0 amide bonds. The van der Waals surface area contributed by atoms with Crippen LogP contribution in [0.5, 0.6) is 0 Å². The van der Waals surface area contributed by atoms with Crippen molar-refractivity contribution < 1.29 is 0 Å². The fourth-order valence-electron chi connectivity index (χ4n) is 2.66. The molecule has 1 rings (SSSR count). The van der Waals surface area contributed by atoms with Crippen LogP contribution in [0.25, 0.3) is 0 Å². The summed E-state index contributed by atoms with van der Waals surface area (Å²) in [5, 5.41) is 0. The van der Waals surface area contributed by atoms with Gasteiger partial charge in [0.05, 0.1) is 0 Å². The van der Waals surface area contributed by atoms with Crippen molar-refractivity contribution in [1.29, 1.82) is 0 Å². The third-order valence-corrected chi connectivity index (χ3v) is 2.98. The minimum absolute atomic E-state index is 0.443. The lowest BCUT2D eigenvalue weighted by molar-refractivity contribution is 0.303. The molecule has 1 aromatic heterocycles. The van der Waals surface area contributed by atoms with Crippen LogP contribution in [-0.4, -0.2) is 4.57 Å². The van der Waals surface area contributed by atoms with Gasteiger partial charge in [0.15, 0.2) is 0 Å². The van der Waals surface area contributed by atoms with Crippen molar-refractivity contribution >= 4 is 0 Å². The van der Waals surface area contributed by atoms with E-state index in [2.05, 4.69) is 58.4 Å². The summed E-state index contributed by atoms with van der Waals surface area (Å²) < 4.78 is 2.38. The molecule has 0 saturated heterocycles. The molecule has 0 aliphatic heterocycles. The van der Waals surface area contributed by atoms with Gasteiger partial charge in [-0.1, -0.05) is 27.7 Å². The summed E-state index contributed by atoms with van der Waals surface area (Å²) in [4.78, 5) is 0. The van der Waals surface area contributed by atoms with E-state index in [0.29, 0.717) is 5.41 Å². The van der Waals surface area contributed by atoms with E-state index in [1.54, 1.807) is 0 Å². The standard InChI is InChI=1S/C15H27N/c1-7-16-11-13(3)9-14(16)8-12(2)10-15(4,5)6/h9,11-12H,7-8,10H2,1-6H3. The molecule has 1 atom stereocenters. The second-order valence-electron chi connectivity index (χ2n) is 6.37. The monoisotopic (exact) mass is 221 g/mol. The predicted molar refractivity (Wildman–Crippen MR) is 71.8 cm³/mol. The number of hydrogen-bond acceptors (Lipinski definition) is 0. The maximum absolute atomic E-state index is 2.38. The molecule has 0 fully saturated rings. The molecule has 0 saturated carbocycles. The number of nitrogens with zero attached hydrogens (tertiary/aromatic N) is 1. The molecular formula is C15H27N. The molecule has 16 heavy (non-hydrogen) atoms. The van der Waals surface area contributed by atoms with Crippen LogP contribution in [0, 0.1) is 18.3 Å². The number of rotatable bonds is 4. The Kier molecular flexibility index (Phi) is 4.23. The van der Waals surface area contributed by atoms with E-state index in [1.165, 1.54) is 24.1 Å². The van der Waals surface area contributed by atoms with Crippen molar-refractivity contribution in [2.45, 2.75) is 60.9 Å². The Morgan fingerprint density at radius 2 is 1.94 bits per heavy atom. The SMILES string of the molecule is CCn1cc(C)cc1CC(C)CC(C)(C)C. The average Bonchev–Trinajstić information content (AvgIpc) is 2.42. The molecule has 1 aromatic rings. The summed E-state index contributed by atoms with van der Waals surface area (Å²) in [5.74, 6) is 0.764. The number of aromatic nitrogens is 1. The first-order valence-electron chi connectivity index (χ1n) is 6.47. The van der Waals surface area contributed by atoms with Gasteiger partial charge in [0.25, 0.3) is 0 Å². The molecule has 1 nitrogen and oxygen atoms in total. The molecule has 0 radical (unpaired) electrons. The van der Waals surface area contributed by atoms with E-state index in [-0.39, 0.29) is 0 Å². The molecule has 0 bridgehead atoms. The third kappa shape index (κ3) is 4.03. The summed E-state index contributed by atoms with van der Waals surface area (Å²) in [6.07, 6.45) is 4.76. The molecule has 1 heteroatoms. The van der Waals surface area contributed by atoms with Gasteiger partial charge in [-0.25, -0.2) is 0 Å². The van der Waals surface area contributed by atoms with E-state index in [4.69, 9.17) is 0 Å². The van der Waals surface area contributed by atoms with E-state index in [9.17, 15) is 0 Å². The van der Waals surface area contributed by atoms with Crippen LogP contribution in [0.3, 0.4) is 0 Å². The van der Waals surface area contributed by atoms with Crippen molar-refractivity contribution in [2.24, 2.45) is 11.3 Å². The second-order valence-corrected chi connectivity index (χ2v) is 6.37. The van der Waals surface area contributed by atoms with Crippen LogP contribution < -0.4 is 0 Å². The lowest BCUT2D eigenvalue weighted by Crippen LogP contribution is -2.14. The normalized spacial score (nSPS) is 14.1. The van der Waals surface area contributed by atoms with Crippen molar-refractivity contribution in [2.75, 3.05) is 0 Å². The molecule has 0 aliphatic rings. The minimum atomic E-state index is 0.443. The molecule has 0 aliphatic carbocycles. The highest BCUT2D eigenvalue weighted by atomic mass is 15.0. The maximum Gasteiger partial charge on any atom is 0.0193 e. The Labute approximate surface area is 101 Å². The predicted octanol–water partition coefficient (Wildman–Crippen LogP) is 4.43. The maximum atomic E-state index is 2.38. The molecular weight excluding hydrogens is 194 g/mol. The van der Waals surface area contributed by atoms with Gasteiger partial charge in [-0.05, 0) is 49.7 Å². The fraction of sp³-hybridized carbons (Fsp3) is 0.733. The van der Waals surface area contributed by atoms with Gasteiger partial charge in [0.1, 0.15) is 0 Å². The van der Waals surface area contributed by atoms with Gasteiger partial charge in [0, 0.05) is 18.4 Å². The van der Waals surface area contributed by atoms with Crippen LogP contribution >= 0.6 is 0 Å². The van der Waals surface area contributed by atoms with E-state index < -0.39 is 0 Å². The highest BCUT2D eigenvalue weighted by Gasteiger charge is 2.16. The largest absolute Gasteiger partial charge is 0.351 e. The third-order valence-electron chi connectivity index (χ3n) is 2.98. The Balaban J connectivity index is 2.65. The van der Waals surface area contributed by atoms with Gasteiger partial charge in [-0.3, -0.25) is 0 Å². The zero-order chi connectivity index (χ0) is 12.3. The van der Waals surface area contributed by atoms with Crippen molar-refractivity contribution in [3.63, 3.8) is 0 Å². The molecule has 0 aromatic carbocycles. The van der Waals surface area contributed by atoms with Gasteiger partial charge >= 0.3 is 0 Å². The second kappa shape index (κ2) is 5.07. The Morgan fingerprint density at radius 3 is 2.44 bits per heavy atom. The Bertz CT molecular complexity index is 328.